The fourth-order valence-corrected chi connectivity index (χ4v) is 2.88. The van der Waals surface area contributed by atoms with Crippen LogP contribution in [0.2, 0.25) is 0 Å². The second-order valence-electron chi connectivity index (χ2n) is 4.42. The van der Waals surface area contributed by atoms with Crippen molar-refractivity contribution < 1.29 is 9.53 Å². The van der Waals surface area contributed by atoms with E-state index in [1.807, 2.05) is 37.3 Å². The number of methoxy groups -OCH3 is 1. The zero-order chi connectivity index (χ0) is 14.8. The fourth-order valence-electron chi connectivity index (χ4n) is 2.06. The van der Waals surface area contributed by atoms with Crippen LogP contribution in [0.25, 0.3) is 10.9 Å². The first-order valence-electron chi connectivity index (χ1n) is 6.35. The Morgan fingerprint density at radius 3 is 2.95 bits per heavy atom. The number of benzene rings is 1. The molecule has 0 amide bonds. The summed E-state index contributed by atoms with van der Waals surface area (Å²) in [6, 6.07) is 9.72. The van der Waals surface area contributed by atoms with Gasteiger partial charge in [0.1, 0.15) is 0 Å². The molecule has 0 radical (unpaired) electrons. The van der Waals surface area contributed by atoms with Crippen molar-refractivity contribution in [2.24, 2.45) is 0 Å². The lowest BCUT2D eigenvalue weighted by Crippen LogP contribution is -2.03. The van der Waals surface area contributed by atoms with Gasteiger partial charge in [-0.2, -0.15) is 0 Å². The maximum atomic E-state index is 11.6. The number of aromatic nitrogens is 2. The molecule has 1 aromatic carbocycles. The minimum Gasteiger partial charge on any atom is -0.464 e. The van der Waals surface area contributed by atoms with Crippen molar-refractivity contribution in [1.82, 2.24) is 9.97 Å². The summed E-state index contributed by atoms with van der Waals surface area (Å²) < 4.78 is 4.72. The average Bonchev–Trinajstić information content (AvgIpc) is 2.87. The van der Waals surface area contributed by atoms with E-state index in [9.17, 15) is 4.79 Å². The predicted molar refractivity (Wildman–Crippen MR) is 83.2 cm³/mol. The van der Waals surface area contributed by atoms with Crippen molar-refractivity contribution in [1.29, 1.82) is 0 Å². The summed E-state index contributed by atoms with van der Waals surface area (Å²) in [6.07, 6.45) is 1.76. The summed E-state index contributed by atoms with van der Waals surface area (Å²) in [5, 5.41) is 4.91. The van der Waals surface area contributed by atoms with E-state index in [1.165, 1.54) is 18.4 Å². The van der Waals surface area contributed by atoms with E-state index in [1.54, 1.807) is 6.20 Å². The Morgan fingerprint density at radius 1 is 1.29 bits per heavy atom. The largest absolute Gasteiger partial charge is 0.464 e. The van der Waals surface area contributed by atoms with Crippen molar-refractivity contribution in [3.63, 3.8) is 0 Å². The molecular weight excluding hydrogens is 286 g/mol. The Balaban J connectivity index is 1.98. The summed E-state index contributed by atoms with van der Waals surface area (Å²) in [4.78, 5) is 21.0. The number of thiazole rings is 1. The first-order chi connectivity index (χ1) is 10.2. The Bertz CT molecular complexity index is 808. The second-order valence-corrected chi connectivity index (χ2v) is 5.62. The number of rotatable bonds is 3. The van der Waals surface area contributed by atoms with Crippen LogP contribution >= 0.6 is 11.3 Å². The maximum Gasteiger partial charge on any atom is 0.357 e. The SMILES string of the molecule is COC(=O)c1nc(Nc2cccc3ncccc23)sc1C. The topological polar surface area (TPSA) is 64.1 Å². The van der Waals surface area contributed by atoms with Crippen LogP contribution in [0.4, 0.5) is 10.8 Å². The first kappa shape index (κ1) is 13.5. The highest BCUT2D eigenvalue weighted by Crippen LogP contribution is 2.29. The Labute approximate surface area is 125 Å². The third-order valence-corrected chi connectivity index (χ3v) is 3.95. The highest BCUT2D eigenvalue weighted by Gasteiger charge is 2.16. The Morgan fingerprint density at radius 2 is 2.14 bits per heavy atom. The van der Waals surface area contributed by atoms with Crippen molar-refractivity contribution in [3.05, 3.63) is 47.1 Å². The molecule has 0 aliphatic carbocycles. The monoisotopic (exact) mass is 299 g/mol. The van der Waals surface area contributed by atoms with Crippen LogP contribution in [0.15, 0.2) is 36.5 Å². The fraction of sp³-hybridized carbons (Fsp3) is 0.133. The molecule has 1 N–H and O–H groups in total. The molecule has 3 aromatic rings. The Hall–Kier alpha value is -2.47. The Kier molecular flexibility index (Phi) is 3.53. The van der Waals surface area contributed by atoms with Crippen LogP contribution in [-0.2, 0) is 4.74 Å². The summed E-state index contributed by atoms with van der Waals surface area (Å²) >= 11 is 1.42. The van der Waals surface area contributed by atoms with Gasteiger partial charge >= 0.3 is 5.97 Å². The molecule has 0 unspecified atom stereocenters. The molecule has 5 nitrogen and oxygen atoms in total. The molecule has 2 heterocycles. The minimum atomic E-state index is -0.420. The molecule has 21 heavy (non-hydrogen) atoms. The lowest BCUT2D eigenvalue weighted by atomic mass is 10.2. The molecule has 0 saturated carbocycles. The van der Waals surface area contributed by atoms with Gasteiger partial charge in [-0.25, -0.2) is 9.78 Å². The minimum absolute atomic E-state index is 0.350. The summed E-state index contributed by atoms with van der Waals surface area (Å²) in [7, 11) is 1.35. The van der Waals surface area contributed by atoms with Gasteiger partial charge in [-0.3, -0.25) is 4.98 Å². The molecule has 0 fully saturated rings. The number of hydrogen-bond acceptors (Lipinski definition) is 6. The number of pyridine rings is 1. The van der Waals surface area contributed by atoms with Crippen LogP contribution in [0, 0.1) is 6.92 Å². The van der Waals surface area contributed by atoms with Gasteiger partial charge in [-0.05, 0) is 31.2 Å². The third-order valence-electron chi connectivity index (χ3n) is 3.06. The molecule has 0 aliphatic heterocycles. The van der Waals surface area contributed by atoms with Crippen LogP contribution < -0.4 is 5.32 Å². The number of carbonyl (C=O) groups is 1. The van der Waals surface area contributed by atoms with Gasteiger partial charge in [0.05, 0.1) is 12.6 Å². The number of hydrogen-bond donors (Lipinski definition) is 1. The summed E-state index contributed by atoms with van der Waals surface area (Å²) in [6.45, 7) is 1.85. The first-order valence-corrected chi connectivity index (χ1v) is 7.17. The van der Waals surface area contributed by atoms with E-state index in [0.717, 1.165) is 21.5 Å². The van der Waals surface area contributed by atoms with Crippen molar-refractivity contribution in [3.8, 4) is 0 Å². The van der Waals surface area contributed by atoms with Gasteiger partial charge in [0.15, 0.2) is 10.8 Å². The van der Waals surface area contributed by atoms with Crippen molar-refractivity contribution in [2.75, 3.05) is 12.4 Å². The van der Waals surface area contributed by atoms with Gasteiger partial charge in [0.25, 0.3) is 0 Å². The number of fused-ring (bicyclic) bond motifs is 1. The van der Waals surface area contributed by atoms with Crippen molar-refractivity contribution >= 4 is 39.0 Å². The van der Waals surface area contributed by atoms with Gasteiger partial charge in [-0.15, -0.1) is 11.3 Å². The van der Waals surface area contributed by atoms with E-state index < -0.39 is 5.97 Å². The summed E-state index contributed by atoms with van der Waals surface area (Å²) in [5.41, 5.74) is 2.16. The van der Waals surface area contributed by atoms with Gasteiger partial charge in [-0.1, -0.05) is 6.07 Å². The number of nitrogens with zero attached hydrogens (tertiary/aromatic N) is 2. The summed E-state index contributed by atoms with van der Waals surface area (Å²) in [5.74, 6) is -0.420. The third kappa shape index (κ3) is 2.57. The zero-order valence-electron chi connectivity index (χ0n) is 11.6. The molecule has 3 rings (SSSR count). The molecular formula is C15H13N3O2S. The molecule has 6 heteroatoms. The molecule has 0 aliphatic rings. The van der Waals surface area contributed by atoms with E-state index in [0.29, 0.717) is 10.8 Å². The number of aryl methyl sites for hydroxylation is 1. The zero-order valence-corrected chi connectivity index (χ0v) is 12.4. The molecule has 0 spiro atoms. The standard InChI is InChI=1S/C15H13N3O2S/c1-9-13(14(19)20-2)18-15(21-9)17-12-7-3-6-11-10(12)5-4-8-16-11/h3-8H,1-2H3,(H,17,18). The molecule has 0 saturated heterocycles. The van der Waals surface area contributed by atoms with E-state index in [4.69, 9.17) is 4.74 Å². The lowest BCUT2D eigenvalue weighted by molar-refractivity contribution is 0.0594. The number of esters is 1. The number of ether oxygens (including phenoxy) is 1. The molecule has 0 atom stereocenters. The van der Waals surface area contributed by atoms with Gasteiger partial charge in [0.2, 0.25) is 0 Å². The quantitative estimate of drug-likeness (QED) is 0.749. The van der Waals surface area contributed by atoms with Gasteiger partial charge in [0, 0.05) is 22.1 Å². The molecule has 106 valence electrons. The van der Waals surface area contributed by atoms with Crippen LogP contribution in [0.5, 0.6) is 0 Å². The second kappa shape index (κ2) is 5.49. The number of anilines is 2. The van der Waals surface area contributed by atoms with E-state index >= 15 is 0 Å². The van der Waals surface area contributed by atoms with Crippen molar-refractivity contribution in [2.45, 2.75) is 6.92 Å². The van der Waals surface area contributed by atoms with Crippen LogP contribution in [0.3, 0.4) is 0 Å². The lowest BCUT2D eigenvalue weighted by Gasteiger charge is -2.06. The molecule has 2 aromatic heterocycles. The average molecular weight is 299 g/mol. The highest BCUT2D eigenvalue weighted by atomic mass is 32.1. The molecule has 0 bridgehead atoms. The van der Waals surface area contributed by atoms with E-state index in [-0.39, 0.29) is 0 Å². The van der Waals surface area contributed by atoms with Crippen LogP contribution in [-0.4, -0.2) is 23.0 Å². The van der Waals surface area contributed by atoms with Gasteiger partial charge < -0.3 is 10.1 Å². The van der Waals surface area contributed by atoms with Crippen LogP contribution in [0.1, 0.15) is 15.4 Å². The number of nitrogens with one attached hydrogen (secondary N) is 1. The normalized spacial score (nSPS) is 10.6. The smallest absolute Gasteiger partial charge is 0.357 e. The predicted octanol–water partition coefficient (Wildman–Crippen LogP) is 3.53. The number of carbonyl (C=O) groups excluding carboxylic acids is 1. The van der Waals surface area contributed by atoms with E-state index in [2.05, 4.69) is 15.3 Å². The highest BCUT2D eigenvalue weighted by molar-refractivity contribution is 7.15. The maximum absolute atomic E-state index is 11.6.